The number of carbonyl (C=O) groups is 2. The van der Waals surface area contributed by atoms with Crippen LogP contribution in [0.1, 0.15) is 27.6 Å². The predicted octanol–water partition coefficient (Wildman–Crippen LogP) is 2.09. The maximum atomic E-state index is 12.2. The highest BCUT2D eigenvalue weighted by atomic mass is 32.2. The highest BCUT2D eigenvalue weighted by Gasteiger charge is 2.17. The predicted molar refractivity (Wildman–Crippen MR) is 82.3 cm³/mol. The van der Waals surface area contributed by atoms with Crippen molar-refractivity contribution in [2.75, 3.05) is 4.72 Å². The summed E-state index contributed by atoms with van der Waals surface area (Å²) < 4.78 is 26.7. The molecule has 0 amide bonds. The lowest BCUT2D eigenvalue weighted by atomic mass is 10.2. The van der Waals surface area contributed by atoms with E-state index in [0.717, 1.165) is 12.1 Å². The normalized spacial score (nSPS) is 11.0. The van der Waals surface area contributed by atoms with Crippen LogP contribution in [0.15, 0.2) is 47.4 Å². The summed E-state index contributed by atoms with van der Waals surface area (Å²) in [6, 6.07) is 8.66. The fourth-order valence-corrected chi connectivity index (χ4v) is 2.90. The maximum Gasteiger partial charge on any atom is 0.339 e. The first kappa shape index (κ1) is 16.5. The number of Topliss-reactive ketones (excluding diaryl/α,β-unsaturated/α-hetero) is 1. The average Bonchev–Trinajstić information content (AvgIpc) is 2.48. The quantitative estimate of drug-likeness (QED) is 0.568. The summed E-state index contributed by atoms with van der Waals surface area (Å²) in [7, 11) is -3.95. The van der Waals surface area contributed by atoms with Gasteiger partial charge in [0.15, 0.2) is 5.78 Å². The Balaban J connectivity index is 2.33. The summed E-state index contributed by atoms with van der Waals surface area (Å²) in [5.41, 5.74) is -0.0466. The van der Waals surface area contributed by atoms with Gasteiger partial charge < -0.3 is 10.2 Å². The van der Waals surface area contributed by atoms with Gasteiger partial charge in [-0.15, -0.1) is 0 Å². The molecule has 7 nitrogen and oxygen atoms in total. The maximum absolute atomic E-state index is 12.2. The van der Waals surface area contributed by atoms with E-state index in [1.54, 1.807) is 0 Å². The Kier molecular flexibility index (Phi) is 4.37. The summed E-state index contributed by atoms with van der Waals surface area (Å²) in [6.07, 6.45) is 0. The Hall–Kier alpha value is -2.87. The Morgan fingerprint density at radius 2 is 1.65 bits per heavy atom. The van der Waals surface area contributed by atoms with Crippen molar-refractivity contribution in [1.82, 2.24) is 0 Å². The molecule has 0 saturated carbocycles. The number of nitrogens with one attached hydrogen (secondary N) is 1. The van der Waals surface area contributed by atoms with Crippen LogP contribution in [-0.4, -0.2) is 30.4 Å². The monoisotopic (exact) mass is 335 g/mol. The van der Waals surface area contributed by atoms with E-state index < -0.39 is 27.3 Å². The number of aromatic hydroxyl groups is 1. The van der Waals surface area contributed by atoms with Gasteiger partial charge in [-0.3, -0.25) is 9.52 Å². The van der Waals surface area contributed by atoms with Gasteiger partial charge in [0, 0.05) is 11.3 Å². The van der Waals surface area contributed by atoms with E-state index in [0.29, 0.717) is 5.56 Å². The number of sulfonamides is 1. The van der Waals surface area contributed by atoms with Crippen molar-refractivity contribution >= 4 is 27.5 Å². The number of carboxylic acid groups (broad SMARTS) is 1. The lowest BCUT2D eigenvalue weighted by molar-refractivity contribution is 0.0693. The summed E-state index contributed by atoms with van der Waals surface area (Å²) in [4.78, 5) is 22.1. The van der Waals surface area contributed by atoms with Crippen LogP contribution in [0.2, 0.25) is 0 Å². The number of carbonyl (C=O) groups excluding carboxylic acids is 1. The molecule has 0 radical (unpaired) electrons. The van der Waals surface area contributed by atoms with Gasteiger partial charge in [0.1, 0.15) is 11.3 Å². The van der Waals surface area contributed by atoms with Gasteiger partial charge in [0.2, 0.25) is 0 Å². The SMILES string of the molecule is CC(=O)c1ccc(S(=O)(=O)Nc2ccc(O)c(C(=O)O)c2)cc1. The molecule has 0 unspecified atom stereocenters. The number of carboxylic acids is 1. The molecule has 0 heterocycles. The van der Waals surface area contributed by atoms with Crippen molar-refractivity contribution < 1.29 is 28.2 Å². The standard InChI is InChI=1S/C15H13NO6S/c1-9(17)10-2-5-12(6-3-10)23(21,22)16-11-4-7-14(18)13(8-11)15(19)20/h2-8,16,18H,1H3,(H,19,20). The first-order valence-corrected chi connectivity index (χ1v) is 7.89. The first-order chi connectivity index (χ1) is 10.7. The van der Waals surface area contributed by atoms with Gasteiger partial charge in [-0.1, -0.05) is 12.1 Å². The van der Waals surface area contributed by atoms with E-state index in [1.165, 1.54) is 37.3 Å². The van der Waals surface area contributed by atoms with Crippen LogP contribution in [0.25, 0.3) is 0 Å². The number of aromatic carboxylic acids is 1. The van der Waals surface area contributed by atoms with E-state index in [9.17, 15) is 23.1 Å². The molecule has 0 aliphatic carbocycles. The number of rotatable bonds is 5. The molecule has 0 spiro atoms. The molecule has 2 rings (SSSR count). The molecule has 8 heteroatoms. The van der Waals surface area contributed by atoms with Crippen LogP contribution in [0.4, 0.5) is 5.69 Å². The van der Waals surface area contributed by atoms with Gasteiger partial charge in [-0.2, -0.15) is 0 Å². The van der Waals surface area contributed by atoms with E-state index in [4.69, 9.17) is 5.11 Å². The van der Waals surface area contributed by atoms with Crippen molar-refractivity contribution in [2.45, 2.75) is 11.8 Å². The molecule has 0 atom stereocenters. The lowest BCUT2D eigenvalue weighted by Gasteiger charge is -2.09. The molecule has 0 fully saturated rings. The third kappa shape index (κ3) is 3.67. The van der Waals surface area contributed by atoms with Gasteiger partial charge in [-0.05, 0) is 37.3 Å². The summed E-state index contributed by atoms with van der Waals surface area (Å²) in [5.74, 6) is -2.04. The highest BCUT2D eigenvalue weighted by molar-refractivity contribution is 7.92. The zero-order chi connectivity index (χ0) is 17.2. The molecular weight excluding hydrogens is 322 g/mol. The molecule has 120 valence electrons. The second kappa shape index (κ2) is 6.09. The molecule has 0 aliphatic heterocycles. The Morgan fingerprint density at radius 1 is 1.04 bits per heavy atom. The van der Waals surface area contributed by atoms with Gasteiger partial charge in [-0.25, -0.2) is 13.2 Å². The van der Waals surface area contributed by atoms with Gasteiger partial charge >= 0.3 is 5.97 Å². The second-order valence-corrected chi connectivity index (χ2v) is 6.41. The minimum absolute atomic E-state index is 0.00385. The topological polar surface area (TPSA) is 121 Å². The number of ketones is 1. The van der Waals surface area contributed by atoms with Crippen LogP contribution in [0, 0.1) is 0 Å². The first-order valence-electron chi connectivity index (χ1n) is 6.41. The molecular formula is C15H13NO6S. The number of hydrogen-bond acceptors (Lipinski definition) is 5. The molecule has 0 aromatic heterocycles. The number of hydrogen-bond donors (Lipinski definition) is 3. The third-order valence-corrected chi connectivity index (χ3v) is 4.45. The fraction of sp³-hybridized carbons (Fsp3) is 0.0667. The minimum Gasteiger partial charge on any atom is -0.507 e. The molecule has 3 N–H and O–H groups in total. The molecule has 2 aromatic rings. The average molecular weight is 335 g/mol. The van der Waals surface area contributed by atoms with Crippen LogP contribution in [0.5, 0.6) is 5.75 Å². The molecule has 0 aliphatic rings. The van der Waals surface area contributed by atoms with Gasteiger partial charge in [0.25, 0.3) is 10.0 Å². The second-order valence-electron chi connectivity index (χ2n) is 4.72. The minimum atomic E-state index is -3.95. The largest absolute Gasteiger partial charge is 0.507 e. The Bertz CT molecular complexity index is 871. The van der Waals surface area contributed by atoms with Crippen LogP contribution >= 0.6 is 0 Å². The van der Waals surface area contributed by atoms with E-state index in [1.807, 2.05) is 0 Å². The van der Waals surface area contributed by atoms with Crippen LogP contribution in [-0.2, 0) is 10.0 Å². The number of benzene rings is 2. The Morgan fingerprint density at radius 3 is 2.17 bits per heavy atom. The molecule has 2 aromatic carbocycles. The van der Waals surface area contributed by atoms with Crippen molar-refractivity contribution in [3.05, 3.63) is 53.6 Å². The summed E-state index contributed by atoms with van der Waals surface area (Å²) in [5, 5.41) is 18.3. The lowest BCUT2D eigenvalue weighted by Crippen LogP contribution is -2.13. The van der Waals surface area contributed by atoms with Crippen LogP contribution in [0.3, 0.4) is 0 Å². The molecule has 0 bridgehead atoms. The molecule has 0 saturated heterocycles. The van der Waals surface area contributed by atoms with Crippen LogP contribution < -0.4 is 4.72 Å². The van der Waals surface area contributed by atoms with Crippen molar-refractivity contribution in [3.63, 3.8) is 0 Å². The van der Waals surface area contributed by atoms with Crippen molar-refractivity contribution in [1.29, 1.82) is 0 Å². The van der Waals surface area contributed by atoms with E-state index >= 15 is 0 Å². The van der Waals surface area contributed by atoms with E-state index in [-0.39, 0.29) is 16.4 Å². The van der Waals surface area contributed by atoms with Gasteiger partial charge in [0.05, 0.1) is 4.90 Å². The van der Waals surface area contributed by atoms with Crippen molar-refractivity contribution in [2.24, 2.45) is 0 Å². The third-order valence-electron chi connectivity index (χ3n) is 3.05. The van der Waals surface area contributed by atoms with Crippen molar-refractivity contribution in [3.8, 4) is 5.75 Å². The summed E-state index contributed by atoms with van der Waals surface area (Å²) in [6.45, 7) is 1.37. The van der Waals surface area contributed by atoms with E-state index in [2.05, 4.69) is 4.72 Å². The fourth-order valence-electron chi connectivity index (χ4n) is 1.85. The zero-order valence-corrected chi connectivity index (χ0v) is 12.8. The Labute approximate surface area is 132 Å². The smallest absolute Gasteiger partial charge is 0.339 e. The number of anilines is 1. The zero-order valence-electron chi connectivity index (χ0n) is 12.0. The number of phenols is 1. The summed E-state index contributed by atoms with van der Waals surface area (Å²) >= 11 is 0. The highest BCUT2D eigenvalue weighted by Crippen LogP contribution is 2.23. The molecule has 23 heavy (non-hydrogen) atoms.